The number of nitrogens with zero attached hydrogens (tertiary/aromatic N) is 1. The number of nitrogen functional groups attached to an aromatic ring is 1. The fourth-order valence-corrected chi connectivity index (χ4v) is 2.77. The standard InChI is InChI=1S/C8H8Br2N2/c9-5-3-12-8(11)7(10)6(5)4-1-2-4/h3-4H,1-2H2,(H2,11,12). The summed E-state index contributed by atoms with van der Waals surface area (Å²) in [7, 11) is 0. The summed E-state index contributed by atoms with van der Waals surface area (Å²) < 4.78 is 2.02. The van der Waals surface area contributed by atoms with E-state index in [1.165, 1.54) is 18.4 Å². The van der Waals surface area contributed by atoms with E-state index in [4.69, 9.17) is 5.73 Å². The van der Waals surface area contributed by atoms with Gasteiger partial charge >= 0.3 is 0 Å². The summed E-state index contributed by atoms with van der Waals surface area (Å²) in [4.78, 5) is 4.03. The lowest BCUT2D eigenvalue weighted by molar-refractivity contribution is 1.08. The quantitative estimate of drug-likeness (QED) is 0.864. The third kappa shape index (κ3) is 1.38. The molecule has 12 heavy (non-hydrogen) atoms. The van der Waals surface area contributed by atoms with Gasteiger partial charge in [0.05, 0.1) is 4.47 Å². The zero-order valence-electron chi connectivity index (χ0n) is 6.35. The highest BCUT2D eigenvalue weighted by atomic mass is 79.9. The van der Waals surface area contributed by atoms with E-state index in [1.54, 1.807) is 6.20 Å². The van der Waals surface area contributed by atoms with E-state index in [2.05, 4.69) is 36.8 Å². The minimum Gasteiger partial charge on any atom is -0.383 e. The van der Waals surface area contributed by atoms with Crippen molar-refractivity contribution in [2.45, 2.75) is 18.8 Å². The summed E-state index contributed by atoms with van der Waals surface area (Å²) in [6, 6.07) is 0. The number of halogens is 2. The second-order valence-corrected chi connectivity index (χ2v) is 4.64. The van der Waals surface area contributed by atoms with Crippen molar-refractivity contribution in [3.63, 3.8) is 0 Å². The van der Waals surface area contributed by atoms with Gasteiger partial charge in [-0.25, -0.2) is 4.98 Å². The molecule has 0 spiro atoms. The summed E-state index contributed by atoms with van der Waals surface area (Å²) >= 11 is 6.93. The molecule has 0 amide bonds. The van der Waals surface area contributed by atoms with Gasteiger partial charge in [0.1, 0.15) is 5.82 Å². The van der Waals surface area contributed by atoms with Crippen LogP contribution in [0.15, 0.2) is 15.1 Å². The van der Waals surface area contributed by atoms with Crippen LogP contribution in [0.5, 0.6) is 0 Å². The van der Waals surface area contributed by atoms with Crippen molar-refractivity contribution in [1.29, 1.82) is 0 Å². The van der Waals surface area contributed by atoms with Crippen LogP contribution in [-0.2, 0) is 0 Å². The molecule has 1 aromatic heterocycles. The summed E-state index contributed by atoms with van der Waals surface area (Å²) in [6.45, 7) is 0. The molecule has 1 aliphatic carbocycles. The van der Waals surface area contributed by atoms with Crippen molar-refractivity contribution >= 4 is 37.7 Å². The summed E-state index contributed by atoms with van der Waals surface area (Å²) in [6.07, 6.45) is 4.30. The second kappa shape index (κ2) is 3.00. The SMILES string of the molecule is Nc1ncc(Br)c(C2CC2)c1Br. The molecule has 0 radical (unpaired) electrons. The Labute approximate surface area is 87.8 Å². The average Bonchev–Trinajstić information content (AvgIpc) is 2.81. The molecule has 0 unspecified atom stereocenters. The number of pyridine rings is 1. The molecule has 0 aromatic carbocycles. The first-order chi connectivity index (χ1) is 5.70. The van der Waals surface area contributed by atoms with E-state index < -0.39 is 0 Å². The third-order valence-corrected chi connectivity index (χ3v) is 3.49. The monoisotopic (exact) mass is 290 g/mol. The van der Waals surface area contributed by atoms with Gasteiger partial charge in [0.15, 0.2) is 0 Å². The first kappa shape index (κ1) is 8.51. The van der Waals surface area contributed by atoms with E-state index >= 15 is 0 Å². The number of rotatable bonds is 1. The van der Waals surface area contributed by atoms with Gasteiger partial charge in [-0.05, 0) is 56.2 Å². The van der Waals surface area contributed by atoms with E-state index in [-0.39, 0.29) is 0 Å². The predicted molar refractivity (Wildman–Crippen MR) is 56.0 cm³/mol. The molecule has 1 aromatic rings. The molecule has 0 aliphatic heterocycles. The maximum Gasteiger partial charge on any atom is 0.138 e. The summed E-state index contributed by atoms with van der Waals surface area (Å²) in [5, 5.41) is 0. The van der Waals surface area contributed by atoms with Crippen LogP contribution in [0.1, 0.15) is 24.3 Å². The molecule has 64 valence electrons. The molecular weight excluding hydrogens is 284 g/mol. The smallest absolute Gasteiger partial charge is 0.138 e. The molecule has 2 rings (SSSR count). The van der Waals surface area contributed by atoms with Crippen LogP contribution in [0.25, 0.3) is 0 Å². The lowest BCUT2D eigenvalue weighted by Crippen LogP contribution is -1.95. The lowest BCUT2D eigenvalue weighted by Gasteiger charge is -2.06. The van der Waals surface area contributed by atoms with Gasteiger partial charge in [-0.15, -0.1) is 0 Å². The fourth-order valence-electron chi connectivity index (χ4n) is 1.24. The van der Waals surface area contributed by atoms with Crippen LogP contribution in [0, 0.1) is 0 Å². The minimum atomic E-state index is 0.583. The normalized spacial score (nSPS) is 16.5. The molecule has 1 heterocycles. The number of hydrogen-bond acceptors (Lipinski definition) is 2. The molecular formula is C8H8Br2N2. The zero-order chi connectivity index (χ0) is 8.72. The Balaban J connectivity index is 2.55. The average molecular weight is 292 g/mol. The van der Waals surface area contributed by atoms with E-state index in [0.29, 0.717) is 11.7 Å². The number of anilines is 1. The van der Waals surface area contributed by atoms with Crippen LogP contribution in [0.3, 0.4) is 0 Å². The van der Waals surface area contributed by atoms with Crippen LogP contribution in [0.4, 0.5) is 5.82 Å². The van der Waals surface area contributed by atoms with Gasteiger partial charge in [-0.2, -0.15) is 0 Å². The Hall–Kier alpha value is -0.0900. The molecule has 1 fully saturated rings. The van der Waals surface area contributed by atoms with Crippen molar-refractivity contribution in [1.82, 2.24) is 4.98 Å². The highest BCUT2D eigenvalue weighted by Gasteiger charge is 2.28. The summed E-state index contributed by atoms with van der Waals surface area (Å²) in [5.74, 6) is 1.26. The van der Waals surface area contributed by atoms with E-state index in [0.717, 1.165) is 8.95 Å². The molecule has 4 heteroatoms. The topological polar surface area (TPSA) is 38.9 Å². The van der Waals surface area contributed by atoms with Gasteiger partial charge in [0, 0.05) is 10.7 Å². The Morgan fingerprint density at radius 3 is 2.67 bits per heavy atom. The van der Waals surface area contributed by atoms with Gasteiger partial charge in [-0.1, -0.05) is 0 Å². The van der Waals surface area contributed by atoms with Crippen LogP contribution in [0.2, 0.25) is 0 Å². The van der Waals surface area contributed by atoms with Crippen molar-refractivity contribution in [2.75, 3.05) is 5.73 Å². The van der Waals surface area contributed by atoms with E-state index in [9.17, 15) is 0 Å². The van der Waals surface area contributed by atoms with Crippen LogP contribution >= 0.6 is 31.9 Å². The summed E-state index contributed by atoms with van der Waals surface area (Å²) in [5.41, 5.74) is 6.96. The van der Waals surface area contributed by atoms with Crippen molar-refractivity contribution in [2.24, 2.45) is 0 Å². The molecule has 0 atom stereocenters. The van der Waals surface area contributed by atoms with Crippen LogP contribution < -0.4 is 5.73 Å². The zero-order valence-corrected chi connectivity index (χ0v) is 9.52. The molecule has 2 N–H and O–H groups in total. The predicted octanol–water partition coefficient (Wildman–Crippen LogP) is 3.07. The third-order valence-electron chi connectivity index (χ3n) is 2.02. The number of aromatic nitrogens is 1. The molecule has 0 bridgehead atoms. The number of nitrogens with two attached hydrogens (primary N) is 1. The van der Waals surface area contributed by atoms with E-state index in [1.807, 2.05) is 0 Å². The van der Waals surface area contributed by atoms with Crippen molar-refractivity contribution < 1.29 is 0 Å². The Bertz CT molecular complexity index is 321. The van der Waals surface area contributed by atoms with Crippen molar-refractivity contribution in [3.05, 3.63) is 20.7 Å². The largest absolute Gasteiger partial charge is 0.383 e. The second-order valence-electron chi connectivity index (χ2n) is 2.99. The Morgan fingerprint density at radius 1 is 1.42 bits per heavy atom. The lowest BCUT2D eigenvalue weighted by atomic mass is 10.2. The highest BCUT2D eigenvalue weighted by molar-refractivity contribution is 9.11. The number of hydrogen-bond donors (Lipinski definition) is 1. The molecule has 1 saturated carbocycles. The Kier molecular flexibility index (Phi) is 2.12. The molecule has 1 aliphatic rings. The van der Waals surface area contributed by atoms with Crippen LogP contribution in [-0.4, -0.2) is 4.98 Å². The maximum atomic E-state index is 5.68. The first-order valence-electron chi connectivity index (χ1n) is 3.79. The fraction of sp³-hybridized carbons (Fsp3) is 0.375. The van der Waals surface area contributed by atoms with Gasteiger partial charge in [0.2, 0.25) is 0 Å². The first-order valence-corrected chi connectivity index (χ1v) is 5.38. The van der Waals surface area contributed by atoms with Gasteiger partial charge in [0.25, 0.3) is 0 Å². The highest BCUT2D eigenvalue weighted by Crippen LogP contribution is 2.47. The minimum absolute atomic E-state index is 0.583. The van der Waals surface area contributed by atoms with Gasteiger partial charge < -0.3 is 5.73 Å². The molecule has 2 nitrogen and oxygen atoms in total. The van der Waals surface area contributed by atoms with Gasteiger partial charge in [-0.3, -0.25) is 0 Å². The van der Waals surface area contributed by atoms with Crippen molar-refractivity contribution in [3.8, 4) is 0 Å². The Morgan fingerprint density at radius 2 is 2.08 bits per heavy atom. The molecule has 0 saturated heterocycles. The maximum absolute atomic E-state index is 5.68.